The number of benzene rings is 3. The summed E-state index contributed by atoms with van der Waals surface area (Å²) in [5.41, 5.74) is 1.91. The molecule has 2 heterocycles. The predicted molar refractivity (Wildman–Crippen MR) is 134 cm³/mol. The zero-order valence-corrected chi connectivity index (χ0v) is 19.8. The Morgan fingerprint density at radius 1 is 1.09 bits per heavy atom. The van der Waals surface area contributed by atoms with Gasteiger partial charge in [0.25, 0.3) is 0 Å². The van der Waals surface area contributed by atoms with E-state index in [4.69, 9.17) is 4.74 Å². The summed E-state index contributed by atoms with van der Waals surface area (Å²) in [6, 6.07) is 22.9. The van der Waals surface area contributed by atoms with Crippen LogP contribution in [0.15, 0.2) is 66.7 Å². The molecular weight excluding hydrogens is 424 g/mol. The van der Waals surface area contributed by atoms with E-state index in [9.17, 15) is 9.59 Å². The highest BCUT2D eigenvalue weighted by Crippen LogP contribution is 2.38. The van der Waals surface area contributed by atoms with Crippen LogP contribution in [0, 0.1) is 0 Å². The van der Waals surface area contributed by atoms with Gasteiger partial charge in [-0.15, -0.1) is 0 Å². The lowest BCUT2D eigenvalue weighted by Gasteiger charge is -2.31. The van der Waals surface area contributed by atoms with Crippen molar-refractivity contribution in [3.05, 3.63) is 77.9 Å². The number of nitrogens with one attached hydrogen (secondary N) is 1. The molecule has 2 aliphatic rings. The summed E-state index contributed by atoms with van der Waals surface area (Å²) in [5, 5.41) is 5.65. The first-order chi connectivity index (χ1) is 16.6. The number of para-hydroxylation sites is 1. The Labute approximate surface area is 201 Å². The van der Waals surface area contributed by atoms with Gasteiger partial charge in [0, 0.05) is 30.5 Å². The lowest BCUT2D eigenvalue weighted by molar-refractivity contribution is -0.132. The molecule has 34 heavy (non-hydrogen) atoms. The molecule has 5 nitrogen and oxygen atoms in total. The van der Waals surface area contributed by atoms with Crippen LogP contribution in [0.25, 0.3) is 10.8 Å². The number of likely N-dealkylation sites (tertiary alicyclic amines) is 1. The Kier molecular flexibility index (Phi) is 6.27. The highest BCUT2D eigenvalue weighted by molar-refractivity contribution is 5.83. The van der Waals surface area contributed by atoms with Crippen molar-refractivity contribution in [3.8, 4) is 5.75 Å². The Morgan fingerprint density at radius 3 is 2.68 bits per heavy atom. The van der Waals surface area contributed by atoms with E-state index in [0.717, 1.165) is 43.5 Å². The number of amides is 2. The first-order valence-corrected chi connectivity index (χ1v) is 12.3. The third kappa shape index (κ3) is 4.52. The Morgan fingerprint density at radius 2 is 1.88 bits per heavy atom. The fraction of sp³-hybridized carbons (Fsp3) is 0.379. The Bertz CT molecular complexity index is 1210. The summed E-state index contributed by atoms with van der Waals surface area (Å²) in [5.74, 6) is 1.08. The predicted octanol–water partition coefficient (Wildman–Crippen LogP) is 5.18. The molecule has 0 aromatic heterocycles. The minimum atomic E-state index is -0.366. The molecule has 0 unspecified atom stereocenters. The standard InChI is InChI=1S/C29H32N2O3/c1-34-26-11-5-4-9-24(26)25-10-6-18-31(25)28(33)15-17-29(16-14-27(32)30-29)20-21-12-13-22-7-2-3-8-23(22)19-21/h2-5,7-9,11-13,19,25H,6,10,14-18,20H2,1H3,(H,30,32)/t25-,29-/m0/s1. The van der Waals surface area contributed by atoms with Crippen molar-refractivity contribution in [2.75, 3.05) is 13.7 Å². The van der Waals surface area contributed by atoms with Gasteiger partial charge in [0.1, 0.15) is 5.75 Å². The van der Waals surface area contributed by atoms with Gasteiger partial charge in [-0.25, -0.2) is 0 Å². The smallest absolute Gasteiger partial charge is 0.223 e. The van der Waals surface area contributed by atoms with E-state index >= 15 is 0 Å². The average Bonchev–Trinajstić information content (AvgIpc) is 3.50. The second kappa shape index (κ2) is 9.49. The molecule has 1 N–H and O–H groups in total. The largest absolute Gasteiger partial charge is 0.496 e. The SMILES string of the molecule is COc1ccccc1[C@@H]1CCCN1C(=O)CC[C@]1(Cc2ccc3ccccc3c2)CCC(=O)N1. The lowest BCUT2D eigenvalue weighted by atomic mass is 9.84. The van der Waals surface area contributed by atoms with Gasteiger partial charge >= 0.3 is 0 Å². The van der Waals surface area contributed by atoms with E-state index in [1.165, 1.54) is 16.3 Å². The molecule has 2 amide bonds. The number of carbonyl (C=O) groups is 2. The van der Waals surface area contributed by atoms with Gasteiger partial charge in [0.15, 0.2) is 0 Å². The van der Waals surface area contributed by atoms with Crippen LogP contribution in [0.1, 0.15) is 55.7 Å². The molecule has 5 heteroatoms. The lowest BCUT2D eigenvalue weighted by Crippen LogP contribution is -2.45. The van der Waals surface area contributed by atoms with Crippen LogP contribution in [-0.4, -0.2) is 35.9 Å². The molecule has 5 rings (SSSR count). The maximum absolute atomic E-state index is 13.4. The van der Waals surface area contributed by atoms with Crippen molar-refractivity contribution in [1.29, 1.82) is 0 Å². The van der Waals surface area contributed by atoms with Gasteiger partial charge in [-0.1, -0.05) is 60.7 Å². The summed E-state index contributed by atoms with van der Waals surface area (Å²) in [6.45, 7) is 0.769. The van der Waals surface area contributed by atoms with Gasteiger partial charge < -0.3 is 15.0 Å². The van der Waals surface area contributed by atoms with Crippen LogP contribution in [0.4, 0.5) is 0 Å². The monoisotopic (exact) mass is 456 g/mol. The first kappa shape index (κ1) is 22.5. The van der Waals surface area contributed by atoms with Crippen molar-refractivity contribution in [1.82, 2.24) is 10.2 Å². The van der Waals surface area contributed by atoms with Gasteiger partial charge in [0.05, 0.1) is 13.2 Å². The molecule has 0 saturated carbocycles. The second-order valence-electron chi connectivity index (χ2n) is 9.67. The maximum atomic E-state index is 13.4. The minimum absolute atomic E-state index is 0.0539. The fourth-order valence-corrected chi connectivity index (χ4v) is 5.74. The number of rotatable bonds is 7. The molecule has 2 fully saturated rings. The molecule has 0 radical (unpaired) electrons. The van der Waals surface area contributed by atoms with Crippen LogP contribution in [-0.2, 0) is 16.0 Å². The number of ether oxygens (including phenoxy) is 1. The van der Waals surface area contributed by atoms with E-state index in [2.05, 4.69) is 41.7 Å². The van der Waals surface area contributed by atoms with E-state index in [-0.39, 0.29) is 23.4 Å². The fourth-order valence-electron chi connectivity index (χ4n) is 5.74. The normalized spacial score (nSPS) is 22.2. The number of nitrogens with zero attached hydrogens (tertiary/aromatic N) is 1. The number of fused-ring (bicyclic) bond motifs is 1. The van der Waals surface area contributed by atoms with Gasteiger partial charge in [-0.05, 0) is 54.5 Å². The zero-order chi connectivity index (χ0) is 23.5. The van der Waals surface area contributed by atoms with Crippen LogP contribution in [0.5, 0.6) is 5.75 Å². The van der Waals surface area contributed by atoms with E-state index in [0.29, 0.717) is 19.3 Å². The minimum Gasteiger partial charge on any atom is -0.496 e. The van der Waals surface area contributed by atoms with E-state index in [1.807, 2.05) is 35.2 Å². The summed E-state index contributed by atoms with van der Waals surface area (Å²) in [4.78, 5) is 27.7. The number of carbonyl (C=O) groups excluding carboxylic acids is 2. The van der Waals surface area contributed by atoms with E-state index in [1.54, 1.807) is 7.11 Å². The van der Waals surface area contributed by atoms with Crippen LogP contribution < -0.4 is 10.1 Å². The molecule has 176 valence electrons. The molecule has 3 aromatic rings. The topological polar surface area (TPSA) is 58.6 Å². The maximum Gasteiger partial charge on any atom is 0.223 e. The molecule has 0 aliphatic carbocycles. The van der Waals surface area contributed by atoms with Crippen molar-refractivity contribution >= 4 is 22.6 Å². The summed E-state index contributed by atoms with van der Waals surface area (Å²) in [6.07, 6.45) is 5.06. The highest BCUT2D eigenvalue weighted by atomic mass is 16.5. The summed E-state index contributed by atoms with van der Waals surface area (Å²) in [7, 11) is 1.68. The van der Waals surface area contributed by atoms with Crippen molar-refractivity contribution in [2.45, 2.75) is 56.5 Å². The van der Waals surface area contributed by atoms with Crippen molar-refractivity contribution in [2.24, 2.45) is 0 Å². The zero-order valence-electron chi connectivity index (χ0n) is 19.8. The van der Waals surface area contributed by atoms with Crippen molar-refractivity contribution < 1.29 is 14.3 Å². The van der Waals surface area contributed by atoms with Gasteiger partial charge in [-0.3, -0.25) is 9.59 Å². The average molecular weight is 457 g/mol. The Hall–Kier alpha value is -3.34. The second-order valence-corrected chi connectivity index (χ2v) is 9.67. The first-order valence-electron chi connectivity index (χ1n) is 12.3. The van der Waals surface area contributed by atoms with Gasteiger partial charge in [-0.2, -0.15) is 0 Å². The third-order valence-electron chi connectivity index (χ3n) is 7.48. The quantitative estimate of drug-likeness (QED) is 0.533. The highest BCUT2D eigenvalue weighted by Gasteiger charge is 2.39. The van der Waals surface area contributed by atoms with Gasteiger partial charge in [0.2, 0.25) is 11.8 Å². The van der Waals surface area contributed by atoms with Crippen molar-refractivity contribution in [3.63, 3.8) is 0 Å². The van der Waals surface area contributed by atoms with Crippen LogP contribution in [0.2, 0.25) is 0 Å². The number of hydrogen-bond acceptors (Lipinski definition) is 3. The molecule has 2 aliphatic heterocycles. The molecule has 2 saturated heterocycles. The van der Waals surface area contributed by atoms with E-state index < -0.39 is 0 Å². The molecule has 0 bridgehead atoms. The molecule has 3 aromatic carbocycles. The van der Waals surface area contributed by atoms with Crippen LogP contribution >= 0.6 is 0 Å². The number of methoxy groups -OCH3 is 1. The molecular formula is C29H32N2O3. The number of hydrogen-bond donors (Lipinski definition) is 1. The molecule has 2 atom stereocenters. The molecule has 0 spiro atoms. The summed E-state index contributed by atoms with van der Waals surface area (Å²) >= 11 is 0. The Balaban J connectivity index is 1.31. The third-order valence-corrected chi connectivity index (χ3v) is 7.48. The van der Waals surface area contributed by atoms with Crippen LogP contribution in [0.3, 0.4) is 0 Å². The summed E-state index contributed by atoms with van der Waals surface area (Å²) < 4.78 is 5.57.